The van der Waals surface area contributed by atoms with Gasteiger partial charge in [-0.3, -0.25) is 14.6 Å². The van der Waals surface area contributed by atoms with Crippen LogP contribution in [0.3, 0.4) is 0 Å². The van der Waals surface area contributed by atoms with Crippen molar-refractivity contribution in [2.45, 2.75) is 51.7 Å². The number of ether oxygens (including phenoxy) is 3. The Bertz CT molecular complexity index is 1490. The van der Waals surface area contributed by atoms with Gasteiger partial charge in [0.15, 0.2) is 11.5 Å². The molecule has 2 aromatic carbocycles. The lowest BCUT2D eigenvalue weighted by molar-refractivity contribution is 0.0571. The predicted molar refractivity (Wildman–Crippen MR) is 188 cm³/mol. The highest BCUT2D eigenvalue weighted by atomic mass is 35.5. The van der Waals surface area contributed by atoms with E-state index in [2.05, 4.69) is 42.9 Å². The molecule has 254 valence electrons. The van der Waals surface area contributed by atoms with Crippen molar-refractivity contribution in [3.63, 3.8) is 0 Å². The van der Waals surface area contributed by atoms with Crippen LogP contribution in [0, 0.1) is 0 Å². The Morgan fingerprint density at radius 3 is 2.19 bits per heavy atom. The number of aromatic nitrogens is 2. The summed E-state index contributed by atoms with van der Waals surface area (Å²) in [5.41, 5.74) is 1.75. The van der Waals surface area contributed by atoms with E-state index in [4.69, 9.17) is 25.8 Å². The lowest BCUT2D eigenvalue weighted by Gasteiger charge is -2.38. The van der Waals surface area contributed by atoms with E-state index < -0.39 is 0 Å². The van der Waals surface area contributed by atoms with Gasteiger partial charge in [-0.25, -0.2) is 4.68 Å². The molecule has 1 aromatic heterocycles. The van der Waals surface area contributed by atoms with Gasteiger partial charge in [0.05, 0.1) is 24.2 Å². The van der Waals surface area contributed by atoms with Crippen LogP contribution in [0.4, 0.5) is 11.4 Å². The van der Waals surface area contributed by atoms with Crippen LogP contribution in [-0.2, 0) is 6.54 Å². The van der Waals surface area contributed by atoms with Crippen molar-refractivity contribution < 1.29 is 14.2 Å². The zero-order valence-corrected chi connectivity index (χ0v) is 28.5. The van der Waals surface area contributed by atoms with Gasteiger partial charge in [0.25, 0.3) is 5.56 Å². The fraction of sp³-hybridized carbons (Fsp3) is 0.556. The molecule has 3 aromatic rings. The first-order valence-electron chi connectivity index (χ1n) is 17.4. The molecule has 6 rings (SSSR count). The molecule has 0 amide bonds. The predicted octanol–water partition coefficient (Wildman–Crippen LogP) is 5.03. The lowest BCUT2D eigenvalue weighted by atomic mass is 10.1. The molecule has 0 spiro atoms. The van der Waals surface area contributed by atoms with Crippen molar-refractivity contribution >= 4 is 23.0 Å². The normalized spacial score (nSPS) is 18.8. The molecule has 0 N–H and O–H groups in total. The summed E-state index contributed by atoms with van der Waals surface area (Å²) in [6.45, 7) is 13.3. The van der Waals surface area contributed by atoms with Crippen LogP contribution in [0.2, 0.25) is 5.02 Å². The molecular formula is C36H49ClN6O4. The van der Waals surface area contributed by atoms with Gasteiger partial charge in [0.2, 0.25) is 0 Å². The largest absolute Gasteiger partial charge is 0.492 e. The van der Waals surface area contributed by atoms with Crippen molar-refractivity contribution in [2.24, 2.45) is 0 Å². The summed E-state index contributed by atoms with van der Waals surface area (Å²) in [7, 11) is 0. The zero-order chi connectivity index (χ0) is 32.4. The number of hydrogen-bond acceptors (Lipinski definition) is 9. The van der Waals surface area contributed by atoms with Crippen LogP contribution in [0.25, 0.3) is 0 Å². The number of rotatable bonds is 14. The maximum atomic E-state index is 13.1. The third-order valence-electron chi connectivity index (χ3n) is 9.43. The molecule has 2 fully saturated rings. The summed E-state index contributed by atoms with van der Waals surface area (Å²) in [6, 6.07) is 16.2. The second-order valence-electron chi connectivity index (χ2n) is 12.7. The third-order valence-corrected chi connectivity index (χ3v) is 9.79. The minimum atomic E-state index is -0.193. The molecule has 11 heteroatoms. The summed E-state index contributed by atoms with van der Waals surface area (Å²) in [4.78, 5) is 22.6. The second-order valence-corrected chi connectivity index (χ2v) is 13.0. The second kappa shape index (κ2) is 16.6. The van der Waals surface area contributed by atoms with Gasteiger partial charge in [-0.1, -0.05) is 55.1 Å². The highest BCUT2D eigenvalue weighted by Gasteiger charge is 2.27. The molecule has 4 heterocycles. The van der Waals surface area contributed by atoms with E-state index in [-0.39, 0.29) is 16.7 Å². The van der Waals surface area contributed by atoms with Crippen LogP contribution in [0.15, 0.2) is 59.5 Å². The maximum absolute atomic E-state index is 13.1. The summed E-state index contributed by atoms with van der Waals surface area (Å²) in [5, 5.41) is 4.77. The summed E-state index contributed by atoms with van der Waals surface area (Å²) < 4.78 is 19.4. The smallest absolute Gasteiger partial charge is 0.287 e. The van der Waals surface area contributed by atoms with Crippen LogP contribution < -0.4 is 29.6 Å². The SMILES string of the molecule is CCOc1ccccc1N1CCN(CCCCCCCn2ncc(N3CCN(CC4COc5ccccc5O4)CC3)c(Cl)c2=O)CC1. The van der Waals surface area contributed by atoms with E-state index in [9.17, 15) is 4.79 Å². The molecule has 1 atom stereocenters. The molecule has 1 unspecified atom stereocenters. The Balaban J connectivity index is 0.855. The number of anilines is 2. The number of piperazine rings is 2. The van der Waals surface area contributed by atoms with Crippen LogP contribution in [-0.4, -0.2) is 104 Å². The molecule has 47 heavy (non-hydrogen) atoms. The molecule has 0 aliphatic carbocycles. The van der Waals surface area contributed by atoms with Crippen molar-refractivity contribution in [2.75, 3.05) is 88.5 Å². The van der Waals surface area contributed by atoms with Gasteiger partial charge in [0.1, 0.15) is 23.5 Å². The van der Waals surface area contributed by atoms with E-state index in [1.54, 1.807) is 6.20 Å². The average molecular weight is 665 g/mol. The molecule has 0 saturated carbocycles. The highest BCUT2D eigenvalue weighted by Crippen LogP contribution is 2.32. The number of halogens is 1. The standard InChI is InChI=1S/C36H49ClN6O4/c1-2-45-32-13-7-6-12-30(32)41-22-18-39(19-23-41)16-10-4-3-5-11-17-43-36(44)35(37)31(26-38-43)42-24-20-40(21-25-42)27-29-28-46-33-14-8-9-15-34(33)47-29/h6-9,12-15,26,29H,2-5,10-11,16-25,27-28H2,1H3. The first-order valence-corrected chi connectivity index (χ1v) is 17.8. The van der Waals surface area contributed by atoms with Crippen molar-refractivity contribution in [1.82, 2.24) is 19.6 Å². The monoisotopic (exact) mass is 664 g/mol. The van der Waals surface area contributed by atoms with Crippen molar-refractivity contribution in [3.05, 3.63) is 70.1 Å². The van der Waals surface area contributed by atoms with E-state index >= 15 is 0 Å². The van der Waals surface area contributed by atoms with E-state index in [0.717, 1.165) is 108 Å². The molecule has 0 bridgehead atoms. The summed E-state index contributed by atoms with van der Waals surface area (Å²) in [6.07, 6.45) is 7.35. The Morgan fingerprint density at radius 2 is 1.43 bits per heavy atom. The minimum Gasteiger partial charge on any atom is -0.492 e. The van der Waals surface area contributed by atoms with Crippen LogP contribution in [0.5, 0.6) is 17.2 Å². The third kappa shape index (κ3) is 8.72. The summed E-state index contributed by atoms with van der Waals surface area (Å²) >= 11 is 6.61. The average Bonchev–Trinajstić information content (AvgIpc) is 3.11. The zero-order valence-electron chi connectivity index (χ0n) is 27.7. The van der Waals surface area contributed by atoms with Gasteiger partial charge in [-0.2, -0.15) is 5.10 Å². The van der Waals surface area contributed by atoms with Gasteiger partial charge in [0, 0.05) is 65.4 Å². The Hall–Kier alpha value is -3.47. The molecule has 10 nitrogen and oxygen atoms in total. The highest BCUT2D eigenvalue weighted by molar-refractivity contribution is 6.33. The lowest BCUT2D eigenvalue weighted by Crippen LogP contribution is -2.51. The topological polar surface area (TPSA) is 75.5 Å². The number of unbranched alkanes of at least 4 members (excludes halogenated alkanes) is 4. The maximum Gasteiger partial charge on any atom is 0.287 e. The fourth-order valence-electron chi connectivity index (χ4n) is 6.78. The van der Waals surface area contributed by atoms with Gasteiger partial charge in [-0.15, -0.1) is 0 Å². The van der Waals surface area contributed by atoms with Crippen LogP contribution in [0.1, 0.15) is 39.0 Å². The molecule has 2 saturated heterocycles. The number of fused-ring (bicyclic) bond motifs is 1. The first kappa shape index (κ1) is 33.4. The number of para-hydroxylation sites is 4. The summed E-state index contributed by atoms with van der Waals surface area (Å²) in [5.74, 6) is 2.60. The molecule has 3 aliphatic heterocycles. The molecule has 3 aliphatic rings. The van der Waals surface area contributed by atoms with Gasteiger partial charge < -0.3 is 24.0 Å². The van der Waals surface area contributed by atoms with Crippen molar-refractivity contribution in [1.29, 1.82) is 0 Å². The Morgan fingerprint density at radius 1 is 0.787 bits per heavy atom. The fourth-order valence-corrected chi connectivity index (χ4v) is 7.05. The molecular weight excluding hydrogens is 616 g/mol. The van der Waals surface area contributed by atoms with Crippen molar-refractivity contribution in [3.8, 4) is 17.2 Å². The first-order chi connectivity index (χ1) is 23.1. The van der Waals surface area contributed by atoms with E-state index in [1.807, 2.05) is 37.3 Å². The number of hydrogen-bond donors (Lipinski definition) is 0. The number of nitrogens with zero attached hydrogens (tertiary/aromatic N) is 6. The van der Waals surface area contributed by atoms with E-state index in [0.29, 0.717) is 19.8 Å². The Kier molecular flexibility index (Phi) is 11.8. The van der Waals surface area contributed by atoms with Gasteiger partial charge in [-0.05, 0) is 50.6 Å². The number of aryl methyl sites for hydroxylation is 1. The quantitative estimate of drug-likeness (QED) is 0.221. The van der Waals surface area contributed by atoms with Gasteiger partial charge >= 0.3 is 0 Å². The van der Waals surface area contributed by atoms with E-state index in [1.165, 1.54) is 23.2 Å². The molecule has 0 radical (unpaired) electrons. The minimum absolute atomic E-state index is 0.00206. The Labute approximate surface area is 283 Å². The number of benzene rings is 2. The van der Waals surface area contributed by atoms with Crippen LogP contribution >= 0.6 is 11.6 Å².